The first-order chi connectivity index (χ1) is 12.7. The van der Waals surface area contributed by atoms with Crippen molar-refractivity contribution in [3.05, 3.63) is 64.8 Å². The maximum atomic E-state index is 13.3. The largest absolute Gasteiger partial charge is 0.369 e. The molecule has 1 aromatic heterocycles. The molecule has 0 bridgehead atoms. The Morgan fingerprint density at radius 1 is 1.07 bits per heavy atom. The second-order valence-corrected chi connectivity index (χ2v) is 8.14. The van der Waals surface area contributed by atoms with Gasteiger partial charge in [0.15, 0.2) is 0 Å². The maximum Gasteiger partial charge on any atom is 0.268 e. The SMILES string of the molecule is CC(=NN=C(N)N)c1c(C)n(S(=O)(=O)c2ccccc2)c2ccc(Cl)cc12. The molecule has 0 spiro atoms. The van der Waals surface area contributed by atoms with Crippen LogP contribution < -0.4 is 11.5 Å². The lowest BCUT2D eigenvalue weighted by Crippen LogP contribution is -2.22. The van der Waals surface area contributed by atoms with Crippen molar-refractivity contribution in [2.24, 2.45) is 21.7 Å². The number of aromatic nitrogens is 1. The summed E-state index contributed by atoms with van der Waals surface area (Å²) in [5.74, 6) is -0.189. The Bertz CT molecular complexity index is 1180. The van der Waals surface area contributed by atoms with E-state index in [4.69, 9.17) is 23.1 Å². The Morgan fingerprint density at radius 2 is 1.74 bits per heavy atom. The monoisotopic (exact) mass is 403 g/mol. The van der Waals surface area contributed by atoms with E-state index in [9.17, 15) is 8.42 Å². The van der Waals surface area contributed by atoms with Crippen LogP contribution in [0.3, 0.4) is 0 Å². The lowest BCUT2D eigenvalue weighted by atomic mass is 10.1. The zero-order valence-electron chi connectivity index (χ0n) is 14.7. The van der Waals surface area contributed by atoms with Crippen molar-refractivity contribution < 1.29 is 8.42 Å². The van der Waals surface area contributed by atoms with E-state index in [1.54, 1.807) is 62.4 Å². The molecule has 0 fully saturated rings. The van der Waals surface area contributed by atoms with E-state index < -0.39 is 10.0 Å². The molecular weight excluding hydrogens is 386 g/mol. The van der Waals surface area contributed by atoms with Gasteiger partial charge >= 0.3 is 0 Å². The summed E-state index contributed by atoms with van der Waals surface area (Å²) in [5.41, 5.74) is 12.7. The quantitative estimate of drug-likeness (QED) is 0.395. The standard InChI is InChI=1S/C18H18ClN5O2S/c1-11(22-23-18(20)21)17-12(2)24(16-9-8-13(19)10-15(16)17)27(25,26)14-6-4-3-5-7-14/h3-10H,1-2H3,(H4,20,21,23). The summed E-state index contributed by atoms with van der Waals surface area (Å²) in [6.45, 7) is 3.41. The van der Waals surface area contributed by atoms with Crippen molar-refractivity contribution in [3.8, 4) is 0 Å². The molecule has 7 nitrogen and oxygen atoms in total. The summed E-state index contributed by atoms with van der Waals surface area (Å²) >= 11 is 6.15. The molecule has 0 aliphatic carbocycles. The van der Waals surface area contributed by atoms with E-state index in [1.165, 1.54) is 3.97 Å². The van der Waals surface area contributed by atoms with Crippen molar-refractivity contribution in [2.75, 3.05) is 0 Å². The van der Waals surface area contributed by atoms with Gasteiger partial charge < -0.3 is 11.5 Å². The predicted octanol–water partition coefficient (Wildman–Crippen LogP) is 2.84. The van der Waals surface area contributed by atoms with Crippen LogP contribution in [0.5, 0.6) is 0 Å². The molecule has 0 atom stereocenters. The van der Waals surface area contributed by atoms with Crippen LogP contribution in [-0.4, -0.2) is 24.1 Å². The normalized spacial score (nSPS) is 12.3. The highest BCUT2D eigenvalue weighted by atomic mass is 35.5. The average Bonchev–Trinajstić information content (AvgIpc) is 2.92. The van der Waals surface area contributed by atoms with Crippen molar-refractivity contribution >= 4 is 44.2 Å². The van der Waals surface area contributed by atoms with Crippen LogP contribution in [0.25, 0.3) is 10.9 Å². The number of guanidine groups is 1. The van der Waals surface area contributed by atoms with Crippen molar-refractivity contribution in [2.45, 2.75) is 18.7 Å². The minimum absolute atomic E-state index is 0.185. The second kappa shape index (κ2) is 7.05. The van der Waals surface area contributed by atoms with E-state index in [0.29, 0.717) is 32.9 Å². The summed E-state index contributed by atoms with van der Waals surface area (Å²) in [6.07, 6.45) is 0. The lowest BCUT2D eigenvalue weighted by molar-refractivity contribution is 0.588. The Balaban J connectivity index is 2.38. The van der Waals surface area contributed by atoms with Crippen LogP contribution in [0.1, 0.15) is 18.2 Å². The number of rotatable bonds is 4. The highest BCUT2D eigenvalue weighted by Crippen LogP contribution is 2.32. The summed E-state index contributed by atoms with van der Waals surface area (Å²) in [7, 11) is -3.82. The Morgan fingerprint density at radius 3 is 2.37 bits per heavy atom. The molecule has 0 aliphatic rings. The molecule has 0 aliphatic heterocycles. The van der Waals surface area contributed by atoms with E-state index >= 15 is 0 Å². The van der Waals surface area contributed by atoms with Gasteiger partial charge in [0.25, 0.3) is 10.0 Å². The first-order valence-electron chi connectivity index (χ1n) is 7.98. The van der Waals surface area contributed by atoms with E-state index in [-0.39, 0.29) is 10.9 Å². The number of benzene rings is 2. The number of hydrogen-bond donors (Lipinski definition) is 2. The highest BCUT2D eigenvalue weighted by molar-refractivity contribution is 7.90. The smallest absolute Gasteiger partial charge is 0.268 e. The molecule has 0 unspecified atom stereocenters. The maximum absolute atomic E-state index is 13.3. The molecule has 3 aromatic rings. The highest BCUT2D eigenvalue weighted by Gasteiger charge is 2.26. The number of nitrogens with zero attached hydrogens (tertiary/aromatic N) is 3. The molecule has 9 heteroatoms. The third-order valence-corrected chi connectivity index (χ3v) is 6.13. The molecule has 140 valence electrons. The molecular formula is C18H18ClN5O2S. The molecule has 0 saturated carbocycles. The van der Waals surface area contributed by atoms with Gasteiger partial charge in [-0.3, -0.25) is 0 Å². The van der Waals surface area contributed by atoms with Gasteiger partial charge in [-0.25, -0.2) is 12.4 Å². The number of halogens is 1. The van der Waals surface area contributed by atoms with Crippen molar-refractivity contribution in [1.82, 2.24) is 3.97 Å². The van der Waals surface area contributed by atoms with Gasteiger partial charge in [0.2, 0.25) is 5.96 Å². The fourth-order valence-electron chi connectivity index (χ4n) is 3.01. The lowest BCUT2D eigenvalue weighted by Gasteiger charge is -2.10. The summed E-state index contributed by atoms with van der Waals surface area (Å²) in [5, 5.41) is 8.80. The number of fused-ring (bicyclic) bond motifs is 1. The van der Waals surface area contributed by atoms with Gasteiger partial charge in [-0.2, -0.15) is 5.10 Å². The van der Waals surface area contributed by atoms with Crippen LogP contribution in [0.4, 0.5) is 0 Å². The Labute approximate surface area is 162 Å². The molecule has 0 radical (unpaired) electrons. The van der Waals surface area contributed by atoms with Crippen LogP contribution in [0.15, 0.2) is 63.6 Å². The fourth-order valence-corrected chi connectivity index (χ4v) is 4.76. The second-order valence-electron chi connectivity index (χ2n) is 5.91. The van der Waals surface area contributed by atoms with Crippen LogP contribution in [0.2, 0.25) is 5.02 Å². The van der Waals surface area contributed by atoms with Gasteiger partial charge in [0, 0.05) is 21.7 Å². The van der Waals surface area contributed by atoms with Crippen LogP contribution in [0, 0.1) is 6.92 Å². The average molecular weight is 404 g/mol. The molecule has 4 N–H and O–H groups in total. The van der Waals surface area contributed by atoms with Crippen LogP contribution >= 0.6 is 11.6 Å². The third kappa shape index (κ3) is 3.41. The molecule has 3 rings (SSSR count). The molecule has 27 heavy (non-hydrogen) atoms. The minimum Gasteiger partial charge on any atom is -0.369 e. The van der Waals surface area contributed by atoms with Crippen molar-refractivity contribution in [1.29, 1.82) is 0 Å². The van der Waals surface area contributed by atoms with Gasteiger partial charge in [0.05, 0.1) is 16.1 Å². The van der Waals surface area contributed by atoms with Gasteiger partial charge in [-0.1, -0.05) is 29.8 Å². The fraction of sp³-hybridized carbons (Fsp3) is 0.111. The first kappa shape index (κ1) is 18.9. The number of nitrogens with two attached hydrogens (primary N) is 2. The molecule has 0 saturated heterocycles. The molecule has 1 heterocycles. The van der Waals surface area contributed by atoms with Crippen LogP contribution in [-0.2, 0) is 10.0 Å². The van der Waals surface area contributed by atoms with E-state index in [0.717, 1.165) is 0 Å². The Kier molecular flexibility index (Phi) is 4.95. The molecule has 0 amide bonds. The van der Waals surface area contributed by atoms with E-state index in [1.807, 2.05) is 0 Å². The predicted molar refractivity (Wildman–Crippen MR) is 109 cm³/mol. The van der Waals surface area contributed by atoms with E-state index in [2.05, 4.69) is 10.2 Å². The topological polar surface area (TPSA) is 116 Å². The third-order valence-electron chi connectivity index (χ3n) is 4.07. The molecule has 2 aromatic carbocycles. The summed E-state index contributed by atoms with van der Waals surface area (Å²) in [6, 6.07) is 13.2. The minimum atomic E-state index is -3.82. The zero-order valence-corrected chi connectivity index (χ0v) is 16.3. The Hall–Kier alpha value is -2.84. The summed E-state index contributed by atoms with van der Waals surface area (Å²) in [4.78, 5) is 0.185. The van der Waals surface area contributed by atoms with Gasteiger partial charge in [-0.15, -0.1) is 5.10 Å². The zero-order chi connectivity index (χ0) is 19.8. The van der Waals surface area contributed by atoms with Gasteiger partial charge in [0.1, 0.15) is 0 Å². The summed E-state index contributed by atoms with van der Waals surface area (Å²) < 4.78 is 27.8. The van der Waals surface area contributed by atoms with Gasteiger partial charge in [-0.05, 0) is 44.2 Å². The number of hydrogen-bond acceptors (Lipinski definition) is 4. The first-order valence-corrected chi connectivity index (χ1v) is 9.80. The van der Waals surface area contributed by atoms with Crippen molar-refractivity contribution in [3.63, 3.8) is 0 Å².